The van der Waals surface area contributed by atoms with Crippen molar-refractivity contribution < 1.29 is 14.7 Å². The molecule has 0 aliphatic heterocycles. The van der Waals surface area contributed by atoms with Crippen molar-refractivity contribution in [1.82, 2.24) is 4.72 Å². The van der Waals surface area contributed by atoms with E-state index in [1.54, 1.807) is 13.8 Å². The van der Waals surface area contributed by atoms with Gasteiger partial charge in [-0.15, -0.1) is 0 Å². The summed E-state index contributed by atoms with van der Waals surface area (Å²) in [5.41, 5.74) is -1.94. The first kappa shape index (κ1) is 15.9. The van der Waals surface area contributed by atoms with Gasteiger partial charge in [-0.3, -0.25) is 19.5 Å². The molecule has 5 nitrogen and oxygen atoms in total. The van der Waals surface area contributed by atoms with Crippen molar-refractivity contribution in [3.05, 3.63) is 0 Å². The molecule has 0 rings (SSSR count). The molecule has 0 aliphatic rings. The molecular weight excluding hydrogens is 248 g/mol. The lowest BCUT2D eigenvalue weighted by Gasteiger charge is -2.25. The van der Waals surface area contributed by atoms with Crippen molar-refractivity contribution in [2.24, 2.45) is 5.14 Å². The molecule has 0 aliphatic carbocycles. The quantitative estimate of drug-likeness (QED) is 0.634. The van der Waals surface area contributed by atoms with Gasteiger partial charge in [0.15, 0.2) is 0 Å². The van der Waals surface area contributed by atoms with E-state index in [0.717, 1.165) is 11.9 Å². The molecule has 4 N–H and O–H groups in total. The highest BCUT2D eigenvalue weighted by Crippen LogP contribution is 2.19. The third-order valence-electron chi connectivity index (χ3n) is 1.64. The van der Waals surface area contributed by atoms with E-state index in [1.807, 2.05) is 0 Å². The zero-order valence-electron chi connectivity index (χ0n) is 9.86. The molecule has 0 bridgehead atoms. The summed E-state index contributed by atoms with van der Waals surface area (Å²) >= 11 is 1.47. The Morgan fingerprint density at radius 3 is 2.19 bits per heavy atom. The summed E-state index contributed by atoms with van der Waals surface area (Å²) in [6.45, 7) is 6.40. The van der Waals surface area contributed by atoms with E-state index >= 15 is 0 Å². The Hall–Kier alpha value is -0.0800. The summed E-state index contributed by atoms with van der Waals surface area (Å²) in [4.78, 5) is 22.5. The van der Waals surface area contributed by atoms with Gasteiger partial charge in [-0.25, -0.2) is 0 Å². The smallest absolute Gasteiger partial charge is 0.234 e. The Kier molecular flexibility index (Phi) is 5.99. The summed E-state index contributed by atoms with van der Waals surface area (Å²) in [6.07, 6.45) is 0.209. The molecular formula is C9H18N2O3S2. The lowest BCUT2D eigenvalue weighted by atomic mass is 10.0. The first-order valence-corrected chi connectivity index (χ1v) is 6.38. The van der Waals surface area contributed by atoms with E-state index in [4.69, 9.17) is 5.14 Å². The zero-order chi connectivity index (χ0) is 13.0. The Morgan fingerprint density at radius 2 is 1.81 bits per heavy atom. The van der Waals surface area contributed by atoms with E-state index in [9.17, 15) is 14.7 Å². The normalized spacial score (nSPS) is 12.6. The molecule has 94 valence electrons. The first-order chi connectivity index (χ1) is 7.08. The monoisotopic (exact) mass is 266 g/mol. The second kappa shape index (κ2) is 6.02. The van der Waals surface area contributed by atoms with Crippen LogP contribution < -0.4 is 9.86 Å². The van der Waals surface area contributed by atoms with Crippen LogP contribution in [-0.4, -0.2) is 26.5 Å². The lowest BCUT2D eigenvalue weighted by Crippen LogP contribution is -2.40. The van der Waals surface area contributed by atoms with Gasteiger partial charge in [0.25, 0.3) is 0 Å². The summed E-state index contributed by atoms with van der Waals surface area (Å²) < 4.78 is 2.85. The van der Waals surface area contributed by atoms with Crippen LogP contribution in [0.5, 0.6) is 0 Å². The SMILES string of the molecule is CC(C)(CC(=O)SN)NSC(=O)C(C)(C)O. The minimum atomic E-state index is -1.39. The number of hydrogen-bond donors (Lipinski definition) is 3. The highest BCUT2D eigenvalue weighted by atomic mass is 32.2. The Balaban J connectivity index is 4.19. The molecule has 0 saturated carbocycles. The number of hydrogen-bond acceptors (Lipinski definition) is 7. The van der Waals surface area contributed by atoms with Gasteiger partial charge in [-0.05, 0) is 51.6 Å². The number of aliphatic hydroxyl groups is 1. The fourth-order valence-electron chi connectivity index (χ4n) is 0.748. The van der Waals surface area contributed by atoms with E-state index in [1.165, 1.54) is 13.8 Å². The van der Waals surface area contributed by atoms with E-state index in [2.05, 4.69) is 4.72 Å². The molecule has 0 unspecified atom stereocenters. The van der Waals surface area contributed by atoms with Crippen LogP contribution in [0, 0.1) is 0 Å². The molecule has 16 heavy (non-hydrogen) atoms. The van der Waals surface area contributed by atoms with Crippen molar-refractivity contribution in [3.8, 4) is 0 Å². The van der Waals surface area contributed by atoms with E-state index in [-0.39, 0.29) is 11.5 Å². The molecule has 0 atom stereocenters. The summed E-state index contributed by atoms with van der Waals surface area (Å²) in [7, 11) is 0. The van der Waals surface area contributed by atoms with Crippen LogP contribution in [0.1, 0.15) is 34.1 Å². The van der Waals surface area contributed by atoms with E-state index in [0.29, 0.717) is 11.9 Å². The third-order valence-corrected chi connectivity index (χ3v) is 3.38. The minimum Gasteiger partial charge on any atom is -0.382 e. The number of nitrogens with one attached hydrogen (secondary N) is 1. The lowest BCUT2D eigenvalue weighted by molar-refractivity contribution is -0.124. The van der Waals surface area contributed by atoms with Crippen LogP contribution in [0.25, 0.3) is 0 Å². The average Bonchev–Trinajstić information content (AvgIpc) is 2.11. The largest absolute Gasteiger partial charge is 0.382 e. The second-order valence-corrected chi connectivity index (χ2v) is 6.07. The molecule has 0 fully saturated rings. The molecule has 7 heteroatoms. The maximum atomic E-state index is 11.4. The Morgan fingerprint density at radius 1 is 1.31 bits per heavy atom. The molecule has 0 spiro atoms. The van der Waals surface area contributed by atoms with Gasteiger partial charge in [-0.2, -0.15) is 0 Å². The maximum Gasteiger partial charge on any atom is 0.234 e. The fraction of sp³-hybridized carbons (Fsp3) is 0.778. The van der Waals surface area contributed by atoms with Gasteiger partial charge in [0.2, 0.25) is 10.2 Å². The van der Waals surface area contributed by atoms with Crippen LogP contribution in [0.3, 0.4) is 0 Å². The molecule has 0 amide bonds. The molecule has 0 saturated heterocycles. The second-order valence-electron chi connectivity index (χ2n) is 4.60. The highest BCUT2D eigenvalue weighted by Gasteiger charge is 2.28. The highest BCUT2D eigenvalue weighted by molar-refractivity contribution is 8.12. The van der Waals surface area contributed by atoms with Crippen molar-refractivity contribution >= 4 is 34.1 Å². The standard InChI is InChI=1S/C9H18N2O3S2/c1-8(2,5-6(12)15-10)11-16-7(13)9(3,4)14/h11,14H,5,10H2,1-4H3. The van der Waals surface area contributed by atoms with Crippen molar-refractivity contribution in [1.29, 1.82) is 0 Å². The van der Waals surface area contributed by atoms with Crippen LogP contribution in [0.15, 0.2) is 0 Å². The molecule has 0 aromatic heterocycles. The predicted molar refractivity (Wildman–Crippen MR) is 67.5 cm³/mol. The van der Waals surface area contributed by atoms with Crippen LogP contribution in [0.4, 0.5) is 0 Å². The number of rotatable bonds is 5. The van der Waals surface area contributed by atoms with Crippen LogP contribution >= 0.6 is 23.9 Å². The average molecular weight is 266 g/mol. The Labute approximate surface area is 104 Å². The van der Waals surface area contributed by atoms with Crippen LogP contribution in [0.2, 0.25) is 0 Å². The van der Waals surface area contributed by atoms with Crippen molar-refractivity contribution in [2.75, 3.05) is 0 Å². The van der Waals surface area contributed by atoms with Crippen LogP contribution in [-0.2, 0) is 9.59 Å². The van der Waals surface area contributed by atoms with E-state index < -0.39 is 16.3 Å². The summed E-state index contributed by atoms with van der Waals surface area (Å²) in [5.74, 6) is 0. The zero-order valence-corrected chi connectivity index (χ0v) is 11.5. The fourth-order valence-corrected chi connectivity index (χ4v) is 1.88. The summed E-state index contributed by atoms with van der Waals surface area (Å²) in [6, 6.07) is 0. The van der Waals surface area contributed by atoms with Gasteiger partial charge >= 0.3 is 0 Å². The topological polar surface area (TPSA) is 92.4 Å². The van der Waals surface area contributed by atoms with Gasteiger partial charge in [0.05, 0.1) is 0 Å². The maximum absolute atomic E-state index is 11.4. The van der Waals surface area contributed by atoms with Gasteiger partial charge in [0.1, 0.15) is 5.60 Å². The van der Waals surface area contributed by atoms with Gasteiger partial charge in [0, 0.05) is 12.0 Å². The van der Waals surface area contributed by atoms with Crippen molar-refractivity contribution in [3.63, 3.8) is 0 Å². The first-order valence-electron chi connectivity index (χ1n) is 4.69. The summed E-state index contributed by atoms with van der Waals surface area (Å²) in [5, 5.41) is 14.0. The number of nitrogens with two attached hydrogens (primary N) is 1. The predicted octanol–water partition coefficient (Wildman–Crippen LogP) is 0.824. The van der Waals surface area contributed by atoms with Gasteiger partial charge in [-0.1, -0.05) is 0 Å². The molecule has 0 aromatic rings. The molecule has 0 radical (unpaired) electrons. The van der Waals surface area contributed by atoms with Crippen molar-refractivity contribution in [2.45, 2.75) is 45.3 Å². The molecule has 0 aromatic carbocycles. The Bertz CT molecular complexity index is 274. The minimum absolute atomic E-state index is 0.159. The number of carbonyl (C=O) groups is 2. The number of carbonyl (C=O) groups excluding carboxylic acids is 2. The molecule has 0 heterocycles. The van der Waals surface area contributed by atoms with Gasteiger partial charge < -0.3 is 5.11 Å². The third kappa shape index (κ3) is 6.49.